The van der Waals surface area contributed by atoms with Gasteiger partial charge in [0.05, 0.1) is 24.8 Å². The van der Waals surface area contributed by atoms with Crippen molar-refractivity contribution in [2.45, 2.75) is 31.1 Å². The summed E-state index contributed by atoms with van der Waals surface area (Å²) in [5.74, 6) is -0.711. The normalized spacial score (nSPS) is 11.1. The van der Waals surface area contributed by atoms with E-state index in [-0.39, 0.29) is 16.3 Å². The number of hydrogen-bond acceptors (Lipinski definition) is 5. The Morgan fingerprint density at radius 1 is 1.07 bits per heavy atom. The first-order valence-corrected chi connectivity index (χ1v) is 11.0. The molecule has 7 nitrogen and oxygen atoms in total. The fourth-order valence-electron chi connectivity index (χ4n) is 2.85. The molecule has 0 aliphatic carbocycles. The molecule has 1 N–H and O–H groups in total. The lowest BCUT2D eigenvalue weighted by Crippen LogP contribution is -2.41. The van der Waals surface area contributed by atoms with Crippen molar-refractivity contribution < 1.29 is 27.1 Å². The minimum Gasteiger partial charge on any atom is -0.493 e. The van der Waals surface area contributed by atoms with E-state index in [1.54, 1.807) is 0 Å². The van der Waals surface area contributed by atoms with Crippen LogP contribution in [0, 0.1) is 5.82 Å². The number of amides is 1. The third-order valence-electron chi connectivity index (χ3n) is 4.45. The van der Waals surface area contributed by atoms with E-state index in [2.05, 4.69) is 5.32 Å². The molecule has 0 aromatic heterocycles. The van der Waals surface area contributed by atoms with Crippen LogP contribution in [0.25, 0.3) is 0 Å². The quantitative estimate of drug-likeness (QED) is 0.544. The zero-order valence-corrected chi connectivity index (χ0v) is 18.2. The average Bonchev–Trinajstić information content (AvgIpc) is 2.75. The number of nitrogens with zero attached hydrogens (tertiary/aromatic N) is 1. The van der Waals surface area contributed by atoms with Crippen molar-refractivity contribution in [3.63, 3.8) is 0 Å². The van der Waals surface area contributed by atoms with Gasteiger partial charge < -0.3 is 14.8 Å². The van der Waals surface area contributed by atoms with Gasteiger partial charge in [0, 0.05) is 12.6 Å². The first-order valence-electron chi connectivity index (χ1n) is 9.61. The molecule has 2 rings (SSSR count). The van der Waals surface area contributed by atoms with Crippen LogP contribution in [0.2, 0.25) is 0 Å². The highest BCUT2D eigenvalue weighted by atomic mass is 32.2. The Hall–Kier alpha value is -2.81. The highest BCUT2D eigenvalue weighted by molar-refractivity contribution is 7.92. The molecule has 0 aliphatic rings. The minimum atomic E-state index is -4.27. The molecule has 30 heavy (non-hydrogen) atoms. The van der Waals surface area contributed by atoms with Crippen molar-refractivity contribution >= 4 is 21.6 Å². The number of unbranched alkanes of at least 4 members (excludes halogenated alkanes) is 2. The smallest absolute Gasteiger partial charge is 0.265 e. The summed E-state index contributed by atoms with van der Waals surface area (Å²) in [5.41, 5.74) is -0.212. The first-order chi connectivity index (χ1) is 14.3. The summed E-state index contributed by atoms with van der Waals surface area (Å²) in [7, 11) is -1.45. The molecule has 0 atom stereocenters. The highest BCUT2D eigenvalue weighted by Gasteiger charge is 2.30. The number of hydrogen-bond donors (Lipinski definition) is 1. The molecule has 0 heterocycles. The third kappa shape index (κ3) is 5.63. The van der Waals surface area contributed by atoms with Gasteiger partial charge in [-0.3, -0.25) is 9.10 Å². The van der Waals surface area contributed by atoms with Gasteiger partial charge in [-0.25, -0.2) is 12.8 Å². The maximum atomic E-state index is 14.5. The lowest BCUT2D eigenvalue weighted by Gasteiger charge is -2.25. The number of carbonyl (C=O) groups excluding carboxylic acids is 1. The van der Waals surface area contributed by atoms with E-state index in [9.17, 15) is 17.6 Å². The van der Waals surface area contributed by atoms with Crippen LogP contribution in [0.1, 0.15) is 26.2 Å². The van der Waals surface area contributed by atoms with Crippen molar-refractivity contribution in [2.24, 2.45) is 0 Å². The van der Waals surface area contributed by atoms with Crippen LogP contribution in [-0.4, -0.2) is 41.6 Å². The van der Waals surface area contributed by atoms with Crippen LogP contribution in [0.3, 0.4) is 0 Å². The fraction of sp³-hybridized carbons (Fsp3) is 0.381. The summed E-state index contributed by atoms with van der Waals surface area (Å²) in [6, 6.07) is 9.46. The zero-order valence-electron chi connectivity index (χ0n) is 17.4. The predicted octanol–water partition coefficient (Wildman–Crippen LogP) is 3.34. The Morgan fingerprint density at radius 2 is 1.77 bits per heavy atom. The van der Waals surface area contributed by atoms with E-state index < -0.39 is 28.3 Å². The SMILES string of the molecule is CCCCCNC(=O)CN(c1ccccc1F)S(=O)(=O)c1ccc(OC)c(OC)c1. The van der Waals surface area contributed by atoms with Gasteiger partial charge in [-0.05, 0) is 30.7 Å². The van der Waals surface area contributed by atoms with E-state index in [4.69, 9.17) is 9.47 Å². The number of sulfonamides is 1. The number of methoxy groups -OCH3 is 2. The Kier molecular flexibility index (Phi) is 8.46. The first kappa shape index (κ1) is 23.5. The molecule has 2 aromatic carbocycles. The number of benzene rings is 2. The van der Waals surface area contributed by atoms with Crippen LogP contribution in [0.5, 0.6) is 11.5 Å². The van der Waals surface area contributed by atoms with E-state index in [0.717, 1.165) is 29.6 Å². The summed E-state index contributed by atoms with van der Waals surface area (Å²) >= 11 is 0. The summed E-state index contributed by atoms with van der Waals surface area (Å²) in [5, 5.41) is 2.69. The van der Waals surface area contributed by atoms with Gasteiger partial charge in [0.25, 0.3) is 10.0 Å². The Morgan fingerprint density at radius 3 is 2.40 bits per heavy atom. The Balaban J connectivity index is 2.40. The Labute approximate surface area is 176 Å². The van der Waals surface area contributed by atoms with Crippen molar-refractivity contribution in [1.29, 1.82) is 0 Å². The zero-order chi connectivity index (χ0) is 22.1. The van der Waals surface area contributed by atoms with Gasteiger partial charge in [0.15, 0.2) is 11.5 Å². The van der Waals surface area contributed by atoms with Crippen LogP contribution in [-0.2, 0) is 14.8 Å². The number of anilines is 1. The number of ether oxygens (including phenoxy) is 2. The van der Waals surface area contributed by atoms with Gasteiger partial charge >= 0.3 is 0 Å². The summed E-state index contributed by atoms with van der Waals surface area (Å²) in [4.78, 5) is 12.3. The van der Waals surface area contributed by atoms with Crippen LogP contribution in [0.15, 0.2) is 47.4 Å². The van der Waals surface area contributed by atoms with Crippen molar-refractivity contribution in [1.82, 2.24) is 5.32 Å². The largest absolute Gasteiger partial charge is 0.493 e. The number of nitrogens with one attached hydrogen (secondary N) is 1. The molecule has 0 radical (unpaired) electrons. The van der Waals surface area contributed by atoms with Gasteiger partial charge in [-0.2, -0.15) is 0 Å². The fourth-order valence-corrected chi connectivity index (χ4v) is 4.29. The van der Waals surface area contributed by atoms with E-state index >= 15 is 0 Å². The van der Waals surface area contributed by atoms with Gasteiger partial charge in [-0.1, -0.05) is 31.9 Å². The van der Waals surface area contributed by atoms with Crippen molar-refractivity contribution in [2.75, 3.05) is 31.6 Å². The molecular formula is C21H27FN2O5S. The number of para-hydroxylation sites is 1. The van der Waals surface area contributed by atoms with Crippen molar-refractivity contribution in [3.8, 4) is 11.5 Å². The van der Waals surface area contributed by atoms with Crippen molar-refractivity contribution in [3.05, 3.63) is 48.3 Å². The molecule has 9 heteroatoms. The Bertz CT molecular complexity index is 966. The summed E-state index contributed by atoms with van der Waals surface area (Å²) < 4.78 is 52.2. The minimum absolute atomic E-state index is 0.151. The molecule has 0 spiro atoms. The topological polar surface area (TPSA) is 84.9 Å². The summed E-state index contributed by atoms with van der Waals surface area (Å²) in [6.45, 7) is 1.91. The highest BCUT2D eigenvalue weighted by Crippen LogP contribution is 2.32. The molecule has 0 saturated heterocycles. The molecule has 1 amide bonds. The maximum absolute atomic E-state index is 14.5. The number of rotatable bonds is 11. The monoisotopic (exact) mass is 438 g/mol. The maximum Gasteiger partial charge on any atom is 0.265 e. The standard InChI is InChI=1S/C21H27FN2O5S/c1-4-5-8-13-23-21(25)15-24(18-10-7-6-9-17(18)22)30(26,27)16-11-12-19(28-2)20(14-16)29-3/h6-7,9-12,14H,4-5,8,13,15H2,1-3H3,(H,23,25). The lowest BCUT2D eigenvalue weighted by atomic mass is 10.2. The predicted molar refractivity (Wildman–Crippen MR) is 113 cm³/mol. The molecule has 0 unspecified atom stereocenters. The second-order valence-electron chi connectivity index (χ2n) is 6.54. The molecule has 0 fully saturated rings. The number of halogens is 1. The molecule has 0 bridgehead atoms. The third-order valence-corrected chi connectivity index (χ3v) is 6.21. The van der Waals surface area contributed by atoms with E-state index in [0.29, 0.717) is 12.3 Å². The molecule has 2 aromatic rings. The van der Waals surface area contributed by atoms with Gasteiger partial charge in [0.2, 0.25) is 5.91 Å². The van der Waals surface area contributed by atoms with E-state index in [1.807, 2.05) is 6.92 Å². The molecule has 0 aliphatic heterocycles. The second-order valence-corrected chi connectivity index (χ2v) is 8.40. The van der Waals surface area contributed by atoms with Gasteiger partial charge in [-0.15, -0.1) is 0 Å². The lowest BCUT2D eigenvalue weighted by molar-refractivity contribution is -0.119. The van der Waals surface area contributed by atoms with Crippen LogP contribution >= 0.6 is 0 Å². The van der Waals surface area contributed by atoms with Gasteiger partial charge in [0.1, 0.15) is 12.4 Å². The average molecular weight is 439 g/mol. The number of carbonyl (C=O) groups is 1. The van der Waals surface area contributed by atoms with Crippen LogP contribution < -0.4 is 19.1 Å². The van der Waals surface area contributed by atoms with Crippen LogP contribution in [0.4, 0.5) is 10.1 Å². The summed E-state index contributed by atoms with van der Waals surface area (Å²) in [6.07, 6.45) is 2.72. The molecular weight excluding hydrogens is 411 g/mol. The molecule has 0 saturated carbocycles. The molecule has 164 valence electrons. The van der Waals surface area contributed by atoms with E-state index in [1.165, 1.54) is 50.6 Å². The second kappa shape index (κ2) is 10.8.